The van der Waals surface area contributed by atoms with Gasteiger partial charge in [0.2, 0.25) is 0 Å². The van der Waals surface area contributed by atoms with E-state index in [2.05, 4.69) is 15.8 Å². The zero-order valence-corrected chi connectivity index (χ0v) is 9.82. The highest BCUT2D eigenvalue weighted by atomic mass is 32.1. The molecule has 0 radical (unpaired) electrons. The van der Waals surface area contributed by atoms with Gasteiger partial charge in [0.25, 0.3) is 0 Å². The molecule has 84 valence electrons. The third-order valence-electron chi connectivity index (χ3n) is 2.13. The van der Waals surface area contributed by atoms with E-state index in [-0.39, 0.29) is 0 Å². The molecule has 0 N–H and O–H groups in total. The minimum absolute atomic E-state index is 0.398. The van der Waals surface area contributed by atoms with Crippen LogP contribution in [-0.2, 0) is 4.74 Å². The number of aromatic nitrogens is 1. The van der Waals surface area contributed by atoms with Crippen LogP contribution in [0.4, 0.5) is 0 Å². The number of nitrogens with zero attached hydrogens (tertiary/aromatic N) is 2. The summed E-state index contributed by atoms with van der Waals surface area (Å²) in [6.45, 7) is 0. The second-order valence-corrected chi connectivity index (χ2v) is 4.24. The van der Waals surface area contributed by atoms with Crippen LogP contribution in [0.3, 0.4) is 0 Å². The lowest BCUT2D eigenvalue weighted by molar-refractivity contribution is 0.0606. The van der Waals surface area contributed by atoms with Crippen molar-refractivity contribution in [3.8, 4) is 16.6 Å². The van der Waals surface area contributed by atoms with E-state index in [1.54, 1.807) is 18.2 Å². The summed E-state index contributed by atoms with van der Waals surface area (Å²) in [4.78, 5) is 15.9. The Labute approximate surface area is 102 Å². The molecule has 0 fully saturated rings. The SMILES string of the molecule is COC(=O)c1cnc(-c2cccc(C#N)c2)s1. The Bertz CT molecular complexity index is 599. The van der Waals surface area contributed by atoms with E-state index in [0.717, 1.165) is 5.56 Å². The van der Waals surface area contributed by atoms with Crippen molar-refractivity contribution in [2.24, 2.45) is 0 Å². The van der Waals surface area contributed by atoms with E-state index in [9.17, 15) is 4.79 Å². The van der Waals surface area contributed by atoms with Crippen LogP contribution in [-0.4, -0.2) is 18.1 Å². The Morgan fingerprint density at radius 1 is 1.53 bits per heavy atom. The highest BCUT2D eigenvalue weighted by molar-refractivity contribution is 7.16. The maximum absolute atomic E-state index is 11.3. The minimum atomic E-state index is -0.398. The molecule has 4 nitrogen and oxygen atoms in total. The zero-order valence-electron chi connectivity index (χ0n) is 9.01. The second-order valence-electron chi connectivity index (χ2n) is 3.21. The first-order chi connectivity index (χ1) is 8.24. The van der Waals surface area contributed by atoms with Crippen LogP contribution >= 0.6 is 11.3 Å². The molecule has 0 bridgehead atoms. The lowest BCUT2D eigenvalue weighted by atomic mass is 10.1. The molecule has 1 aromatic heterocycles. The number of methoxy groups -OCH3 is 1. The van der Waals surface area contributed by atoms with Gasteiger partial charge in [0.1, 0.15) is 9.88 Å². The van der Waals surface area contributed by atoms with Crippen LogP contribution in [0.15, 0.2) is 30.5 Å². The van der Waals surface area contributed by atoms with Crippen molar-refractivity contribution in [2.45, 2.75) is 0 Å². The smallest absolute Gasteiger partial charge is 0.349 e. The number of hydrogen-bond donors (Lipinski definition) is 0. The van der Waals surface area contributed by atoms with Gasteiger partial charge in [-0.2, -0.15) is 5.26 Å². The predicted octanol–water partition coefficient (Wildman–Crippen LogP) is 2.47. The summed E-state index contributed by atoms with van der Waals surface area (Å²) >= 11 is 1.24. The topological polar surface area (TPSA) is 63.0 Å². The lowest BCUT2D eigenvalue weighted by Crippen LogP contribution is -1.96. The second kappa shape index (κ2) is 4.76. The number of carbonyl (C=O) groups excluding carboxylic acids is 1. The third kappa shape index (κ3) is 2.32. The minimum Gasteiger partial charge on any atom is -0.465 e. The predicted molar refractivity (Wildman–Crippen MR) is 63.6 cm³/mol. The van der Waals surface area contributed by atoms with Gasteiger partial charge in [0.05, 0.1) is 24.9 Å². The molecule has 2 rings (SSSR count). The van der Waals surface area contributed by atoms with Crippen molar-refractivity contribution < 1.29 is 9.53 Å². The van der Waals surface area contributed by atoms with E-state index in [4.69, 9.17) is 5.26 Å². The van der Waals surface area contributed by atoms with Crippen molar-refractivity contribution in [3.63, 3.8) is 0 Å². The number of rotatable bonds is 2. The number of nitriles is 1. The number of benzene rings is 1. The fourth-order valence-electron chi connectivity index (χ4n) is 1.32. The monoisotopic (exact) mass is 244 g/mol. The first-order valence-electron chi connectivity index (χ1n) is 4.79. The molecule has 2 aromatic rings. The van der Waals surface area contributed by atoms with E-state index < -0.39 is 5.97 Å². The molecule has 0 amide bonds. The Morgan fingerprint density at radius 2 is 2.35 bits per heavy atom. The number of hydrogen-bond acceptors (Lipinski definition) is 5. The summed E-state index contributed by atoms with van der Waals surface area (Å²) in [5.41, 5.74) is 1.39. The molecule has 0 aliphatic carbocycles. The van der Waals surface area contributed by atoms with E-state index in [1.807, 2.05) is 6.07 Å². The van der Waals surface area contributed by atoms with Gasteiger partial charge in [-0.3, -0.25) is 0 Å². The maximum atomic E-state index is 11.3. The molecule has 0 unspecified atom stereocenters. The van der Waals surface area contributed by atoms with E-state index >= 15 is 0 Å². The largest absolute Gasteiger partial charge is 0.465 e. The average Bonchev–Trinajstić information content (AvgIpc) is 2.87. The van der Waals surface area contributed by atoms with Crippen LogP contribution in [0.25, 0.3) is 10.6 Å². The molecule has 0 aliphatic heterocycles. The Balaban J connectivity index is 2.37. The van der Waals surface area contributed by atoms with Gasteiger partial charge in [-0.15, -0.1) is 11.3 Å². The highest BCUT2D eigenvalue weighted by Gasteiger charge is 2.11. The lowest BCUT2D eigenvalue weighted by Gasteiger charge is -1.95. The van der Waals surface area contributed by atoms with Crippen molar-refractivity contribution in [2.75, 3.05) is 7.11 Å². The Hall–Kier alpha value is -2.19. The summed E-state index contributed by atoms with van der Waals surface area (Å²) in [6, 6.07) is 9.15. The van der Waals surface area contributed by atoms with Gasteiger partial charge < -0.3 is 4.74 Å². The Kier molecular flexibility index (Phi) is 3.17. The molecule has 17 heavy (non-hydrogen) atoms. The Morgan fingerprint density at radius 3 is 3.06 bits per heavy atom. The summed E-state index contributed by atoms with van der Waals surface area (Å²) in [5.74, 6) is -0.398. The quantitative estimate of drug-likeness (QED) is 0.761. The fraction of sp³-hybridized carbons (Fsp3) is 0.0833. The van der Waals surface area contributed by atoms with Crippen LogP contribution in [0.5, 0.6) is 0 Å². The van der Waals surface area contributed by atoms with E-state index in [1.165, 1.54) is 24.6 Å². The number of carbonyl (C=O) groups is 1. The molecule has 0 spiro atoms. The van der Waals surface area contributed by atoms with Crippen LogP contribution in [0, 0.1) is 11.3 Å². The molecule has 0 saturated carbocycles. The fourth-order valence-corrected chi connectivity index (χ4v) is 2.15. The van der Waals surface area contributed by atoms with Crippen LogP contribution in [0.1, 0.15) is 15.2 Å². The van der Waals surface area contributed by atoms with Gasteiger partial charge in [-0.1, -0.05) is 12.1 Å². The van der Waals surface area contributed by atoms with Gasteiger partial charge >= 0.3 is 5.97 Å². The van der Waals surface area contributed by atoms with Gasteiger partial charge in [0, 0.05) is 5.56 Å². The molecule has 0 atom stereocenters. The number of ether oxygens (including phenoxy) is 1. The van der Waals surface area contributed by atoms with Crippen LogP contribution in [0.2, 0.25) is 0 Å². The highest BCUT2D eigenvalue weighted by Crippen LogP contribution is 2.26. The zero-order chi connectivity index (χ0) is 12.3. The summed E-state index contributed by atoms with van der Waals surface area (Å²) in [7, 11) is 1.33. The van der Waals surface area contributed by atoms with Gasteiger partial charge in [-0.25, -0.2) is 9.78 Å². The molecule has 0 saturated heterocycles. The standard InChI is InChI=1S/C12H8N2O2S/c1-16-12(15)10-7-14-11(17-10)9-4-2-3-8(5-9)6-13/h2-5,7H,1H3. The molecule has 0 aliphatic rings. The molecule has 5 heteroatoms. The van der Waals surface area contributed by atoms with Crippen molar-refractivity contribution in [1.29, 1.82) is 5.26 Å². The number of esters is 1. The molecule has 1 heterocycles. The first kappa shape index (κ1) is 11.3. The summed E-state index contributed by atoms with van der Waals surface area (Å²) in [5, 5.41) is 9.50. The van der Waals surface area contributed by atoms with Gasteiger partial charge in [0.15, 0.2) is 0 Å². The summed E-state index contributed by atoms with van der Waals surface area (Å²) < 4.78 is 4.61. The van der Waals surface area contributed by atoms with Crippen molar-refractivity contribution in [1.82, 2.24) is 4.98 Å². The average molecular weight is 244 g/mol. The maximum Gasteiger partial charge on any atom is 0.349 e. The molecular formula is C12H8N2O2S. The normalized spacial score (nSPS) is 9.65. The van der Waals surface area contributed by atoms with Crippen molar-refractivity contribution in [3.05, 3.63) is 40.9 Å². The molecular weight excluding hydrogens is 236 g/mol. The third-order valence-corrected chi connectivity index (χ3v) is 3.16. The van der Waals surface area contributed by atoms with E-state index in [0.29, 0.717) is 15.4 Å². The summed E-state index contributed by atoms with van der Waals surface area (Å²) in [6.07, 6.45) is 1.48. The number of thiazole rings is 1. The van der Waals surface area contributed by atoms with Crippen molar-refractivity contribution >= 4 is 17.3 Å². The van der Waals surface area contributed by atoms with Gasteiger partial charge in [-0.05, 0) is 12.1 Å². The van der Waals surface area contributed by atoms with Crippen LogP contribution < -0.4 is 0 Å². The first-order valence-corrected chi connectivity index (χ1v) is 5.61. The molecule has 1 aromatic carbocycles.